The molecule has 1 atom stereocenters. The molecule has 2 aromatic rings. The van der Waals surface area contributed by atoms with Crippen molar-refractivity contribution in [3.63, 3.8) is 0 Å². The zero-order valence-corrected chi connectivity index (χ0v) is 20.3. The minimum absolute atomic E-state index is 0.0946. The van der Waals surface area contributed by atoms with Gasteiger partial charge < -0.3 is 19.7 Å². The molecule has 2 aliphatic rings. The third kappa shape index (κ3) is 5.14. The van der Waals surface area contributed by atoms with Gasteiger partial charge in [-0.05, 0) is 61.7 Å². The van der Waals surface area contributed by atoms with E-state index in [0.717, 1.165) is 86.8 Å². The molecule has 184 valence electrons. The average Bonchev–Trinajstić information content (AvgIpc) is 3.16. The minimum Gasteiger partial charge on any atom is -0.497 e. The number of hydrogen-bond acceptors (Lipinski definition) is 5. The van der Waals surface area contributed by atoms with Crippen LogP contribution in [-0.4, -0.2) is 63.9 Å². The van der Waals surface area contributed by atoms with E-state index in [4.69, 9.17) is 9.47 Å². The number of benzene rings is 2. The van der Waals surface area contributed by atoms with Crippen molar-refractivity contribution in [3.05, 3.63) is 48.0 Å². The van der Waals surface area contributed by atoms with E-state index in [1.165, 1.54) is 0 Å². The van der Waals surface area contributed by atoms with Crippen LogP contribution in [0.15, 0.2) is 42.5 Å². The van der Waals surface area contributed by atoms with Crippen LogP contribution in [0.4, 0.5) is 15.8 Å². The number of methoxy groups -OCH3 is 1. The highest BCUT2D eigenvalue weighted by molar-refractivity contribution is 6.06. The Balaban J connectivity index is 1.26. The number of hydrogen-bond donors (Lipinski definition) is 1. The van der Waals surface area contributed by atoms with Crippen LogP contribution in [0.2, 0.25) is 0 Å². The summed E-state index contributed by atoms with van der Waals surface area (Å²) in [5.41, 5.74) is 2.66. The third-order valence-corrected chi connectivity index (χ3v) is 7.26. The van der Waals surface area contributed by atoms with E-state index in [2.05, 4.69) is 28.1 Å². The number of carbonyl (C=O) groups is 1. The number of rotatable bonds is 11. The maximum absolute atomic E-state index is 12.9. The van der Waals surface area contributed by atoms with Gasteiger partial charge in [-0.2, -0.15) is 0 Å². The van der Waals surface area contributed by atoms with Crippen LogP contribution < -0.4 is 19.7 Å². The molecule has 34 heavy (non-hydrogen) atoms. The van der Waals surface area contributed by atoms with Gasteiger partial charge in [0.1, 0.15) is 24.8 Å². The molecular weight excluding hydrogens is 433 g/mol. The highest BCUT2D eigenvalue weighted by atomic mass is 19.1. The second-order valence-electron chi connectivity index (χ2n) is 9.12. The first-order valence-corrected chi connectivity index (χ1v) is 12.4. The Morgan fingerprint density at radius 3 is 2.62 bits per heavy atom. The second kappa shape index (κ2) is 11.1. The molecule has 7 heteroatoms. The van der Waals surface area contributed by atoms with Gasteiger partial charge in [-0.3, -0.25) is 9.69 Å². The van der Waals surface area contributed by atoms with Crippen molar-refractivity contribution in [1.82, 2.24) is 4.90 Å². The Kier molecular flexibility index (Phi) is 7.93. The van der Waals surface area contributed by atoms with Crippen LogP contribution in [-0.2, 0) is 10.2 Å². The summed E-state index contributed by atoms with van der Waals surface area (Å²) in [5, 5.41) is 3.08. The Hall–Kier alpha value is -2.80. The summed E-state index contributed by atoms with van der Waals surface area (Å²) in [4.78, 5) is 17.8. The molecule has 0 spiro atoms. The Labute approximate surface area is 202 Å². The average molecular weight is 470 g/mol. The lowest BCUT2D eigenvalue weighted by Gasteiger charge is -2.36. The molecule has 1 amide bonds. The van der Waals surface area contributed by atoms with Gasteiger partial charge in [-0.1, -0.05) is 19.4 Å². The molecule has 2 aliphatic heterocycles. The molecular formula is C27H36FN3O3. The van der Waals surface area contributed by atoms with Gasteiger partial charge in [-0.15, -0.1) is 0 Å². The fourth-order valence-corrected chi connectivity index (χ4v) is 5.21. The number of anilines is 2. The number of nitrogens with one attached hydrogen (secondary N) is 1. The number of nitrogens with zero attached hydrogens (tertiary/aromatic N) is 2. The van der Waals surface area contributed by atoms with Crippen molar-refractivity contribution in [2.24, 2.45) is 0 Å². The normalized spacial score (nSPS) is 20.2. The molecule has 0 radical (unpaired) electrons. The third-order valence-electron chi connectivity index (χ3n) is 7.26. The maximum atomic E-state index is 12.9. The first-order chi connectivity index (χ1) is 16.6. The summed E-state index contributed by atoms with van der Waals surface area (Å²) in [6, 6.07) is 13.8. The van der Waals surface area contributed by atoms with Gasteiger partial charge in [0.2, 0.25) is 5.91 Å². The van der Waals surface area contributed by atoms with Crippen LogP contribution in [0.25, 0.3) is 0 Å². The lowest BCUT2D eigenvalue weighted by Crippen LogP contribution is -2.46. The van der Waals surface area contributed by atoms with Gasteiger partial charge in [0.15, 0.2) is 0 Å². The molecule has 0 saturated carbocycles. The number of carbonyl (C=O) groups excluding carboxylic acids is 1. The first-order valence-electron chi connectivity index (χ1n) is 12.4. The number of alkyl halides is 1. The monoisotopic (exact) mass is 469 g/mol. The highest BCUT2D eigenvalue weighted by Crippen LogP contribution is 2.45. The summed E-state index contributed by atoms with van der Waals surface area (Å²) >= 11 is 0. The molecule has 6 nitrogen and oxygen atoms in total. The predicted molar refractivity (Wildman–Crippen MR) is 134 cm³/mol. The summed E-state index contributed by atoms with van der Waals surface area (Å²) in [6.07, 6.45) is 3.71. The van der Waals surface area contributed by atoms with Gasteiger partial charge in [-0.25, -0.2) is 4.39 Å². The molecule has 4 rings (SSSR count). The SMILES string of the molecule is CCC1(CCCCN2CCN(c3cccc(OCCF)c3)CC2)C(=O)Nc2ccc(OC)cc21. The van der Waals surface area contributed by atoms with E-state index >= 15 is 0 Å². The van der Waals surface area contributed by atoms with Crippen molar-refractivity contribution in [3.8, 4) is 11.5 Å². The highest BCUT2D eigenvalue weighted by Gasteiger charge is 2.44. The van der Waals surface area contributed by atoms with Gasteiger partial charge in [0.25, 0.3) is 0 Å². The zero-order valence-electron chi connectivity index (χ0n) is 20.3. The van der Waals surface area contributed by atoms with Crippen molar-refractivity contribution in [2.45, 2.75) is 38.0 Å². The lowest BCUT2D eigenvalue weighted by molar-refractivity contribution is -0.121. The van der Waals surface area contributed by atoms with Crippen molar-refractivity contribution in [1.29, 1.82) is 0 Å². The van der Waals surface area contributed by atoms with Crippen LogP contribution >= 0.6 is 0 Å². The standard InChI is InChI=1S/C27H36FN3O3/c1-3-27(24-20-22(33-2)9-10-25(24)29-26(27)32)11-4-5-13-30-14-16-31(17-15-30)21-7-6-8-23(19-21)34-18-12-28/h6-10,19-20H,3-5,11-18H2,1-2H3,(H,29,32). The molecule has 1 saturated heterocycles. The van der Waals surface area contributed by atoms with Gasteiger partial charge in [0, 0.05) is 43.6 Å². The molecule has 0 aromatic heterocycles. The maximum Gasteiger partial charge on any atom is 0.235 e. The smallest absolute Gasteiger partial charge is 0.235 e. The molecule has 2 heterocycles. The van der Waals surface area contributed by atoms with Crippen molar-refractivity contribution in [2.75, 3.05) is 63.3 Å². The van der Waals surface area contributed by atoms with Gasteiger partial charge >= 0.3 is 0 Å². The Morgan fingerprint density at radius 2 is 1.88 bits per heavy atom. The Morgan fingerprint density at radius 1 is 1.06 bits per heavy atom. The second-order valence-corrected chi connectivity index (χ2v) is 9.12. The molecule has 1 N–H and O–H groups in total. The number of unbranched alkanes of at least 4 members (excludes halogenated alkanes) is 1. The number of amides is 1. The predicted octanol–water partition coefficient (Wildman–Crippen LogP) is 4.64. The molecule has 1 unspecified atom stereocenters. The quantitative estimate of drug-likeness (QED) is 0.486. The number of halogens is 1. The fourth-order valence-electron chi connectivity index (χ4n) is 5.21. The van der Waals surface area contributed by atoms with Crippen LogP contribution in [0.3, 0.4) is 0 Å². The zero-order chi connectivity index (χ0) is 24.0. The minimum atomic E-state index is -0.479. The summed E-state index contributed by atoms with van der Waals surface area (Å²) in [7, 11) is 1.66. The molecule has 1 fully saturated rings. The van der Waals surface area contributed by atoms with E-state index < -0.39 is 12.1 Å². The van der Waals surface area contributed by atoms with Crippen molar-refractivity contribution < 1.29 is 18.7 Å². The van der Waals surface area contributed by atoms with Gasteiger partial charge in [0.05, 0.1) is 12.5 Å². The molecule has 0 bridgehead atoms. The van der Waals surface area contributed by atoms with Crippen LogP contribution in [0.5, 0.6) is 11.5 Å². The van der Waals surface area contributed by atoms with Crippen molar-refractivity contribution >= 4 is 17.3 Å². The lowest BCUT2D eigenvalue weighted by atomic mass is 9.75. The first kappa shape index (κ1) is 24.3. The molecule has 0 aliphatic carbocycles. The topological polar surface area (TPSA) is 54.0 Å². The molecule has 2 aromatic carbocycles. The Bertz CT molecular complexity index is 977. The number of fused-ring (bicyclic) bond motifs is 1. The van der Waals surface area contributed by atoms with Crippen LogP contribution in [0.1, 0.15) is 38.2 Å². The fraction of sp³-hybridized carbons (Fsp3) is 0.519. The summed E-state index contributed by atoms with van der Waals surface area (Å²) in [6.45, 7) is 6.70. The van der Waals surface area contributed by atoms with E-state index in [1.807, 2.05) is 36.4 Å². The van der Waals surface area contributed by atoms with E-state index in [0.29, 0.717) is 0 Å². The largest absolute Gasteiger partial charge is 0.497 e. The van der Waals surface area contributed by atoms with E-state index in [-0.39, 0.29) is 12.5 Å². The van der Waals surface area contributed by atoms with E-state index in [1.54, 1.807) is 7.11 Å². The summed E-state index contributed by atoms with van der Waals surface area (Å²) < 4.78 is 23.2. The van der Waals surface area contributed by atoms with Crippen LogP contribution in [0, 0.1) is 0 Å². The van der Waals surface area contributed by atoms with E-state index in [9.17, 15) is 9.18 Å². The summed E-state index contributed by atoms with van der Waals surface area (Å²) in [5.74, 6) is 1.63. The number of ether oxygens (including phenoxy) is 2. The number of piperazine rings is 1.